The lowest BCUT2D eigenvalue weighted by atomic mass is 10.1. The fraction of sp³-hybridized carbons (Fsp3) is 0.167. The van der Waals surface area contributed by atoms with Crippen LogP contribution in [0, 0.1) is 0 Å². The van der Waals surface area contributed by atoms with E-state index >= 15 is 0 Å². The van der Waals surface area contributed by atoms with Crippen molar-refractivity contribution in [3.63, 3.8) is 0 Å². The number of hydrogen-bond acceptors (Lipinski definition) is 8. The molecule has 3 aromatic rings. The van der Waals surface area contributed by atoms with Crippen molar-refractivity contribution in [2.75, 3.05) is 19.0 Å². The largest absolute Gasteiger partial charge is 0.493 e. The van der Waals surface area contributed by atoms with Gasteiger partial charge in [0.05, 0.1) is 7.11 Å². The summed E-state index contributed by atoms with van der Waals surface area (Å²) in [6.07, 6.45) is 2.74. The highest BCUT2D eigenvalue weighted by Gasteiger charge is 2.10. The second-order valence-electron chi connectivity index (χ2n) is 7.09. The van der Waals surface area contributed by atoms with E-state index < -0.39 is 17.5 Å². The van der Waals surface area contributed by atoms with Gasteiger partial charge in [0.15, 0.2) is 18.1 Å². The molecule has 2 amide bonds. The van der Waals surface area contributed by atoms with Crippen LogP contribution in [-0.2, 0) is 25.7 Å². The minimum absolute atomic E-state index is 0.159. The maximum atomic E-state index is 12.2. The number of anilines is 1. The molecule has 0 aliphatic rings. The topological polar surface area (TPSA) is 147 Å². The van der Waals surface area contributed by atoms with Crippen LogP contribution < -0.4 is 26.1 Å². The van der Waals surface area contributed by atoms with E-state index in [1.807, 2.05) is 0 Å². The number of carbonyl (C=O) groups is 3. The third-order valence-corrected chi connectivity index (χ3v) is 4.49. The molecular weight excluding hydrogens is 444 g/mol. The van der Waals surface area contributed by atoms with Crippen molar-refractivity contribution < 1.29 is 33.0 Å². The molecule has 34 heavy (non-hydrogen) atoms. The third kappa shape index (κ3) is 6.45. The van der Waals surface area contributed by atoms with Crippen LogP contribution in [0.1, 0.15) is 18.1 Å². The highest BCUT2D eigenvalue weighted by Crippen LogP contribution is 2.28. The molecule has 3 N–H and O–H groups in total. The Kier molecular flexibility index (Phi) is 7.65. The average molecular weight is 466 g/mol. The number of fused-ring (bicyclic) bond motifs is 1. The van der Waals surface area contributed by atoms with Gasteiger partial charge in [0.2, 0.25) is 5.91 Å². The Bertz CT molecular complexity index is 1330. The number of hydrogen-bond donors (Lipinski definition) is 2. The Morgan fingerprint density at radius 3 is 2.59 bits per heavy atom. The zero-order chi connectivity index (χ0) is 24.7. The van der Waals surface area contributed by atoms with Crippen LogP contribution in [-0.4, -0.2) is 31.5 Å². The Hall–Kier alpha value is -4.60. The molecule has 10 heteroatoms. The van der Waals surface area contributed by atoms with Crippen molar-refractivity contribution in [2.45, 2.75) is 13.5 Å². The molecule has 0 radical (unpaired) electrons. The zero-order valence-electron chi connectivity index (χ0n) is 18.5. The summed E-state index contributed by atoms with van der Waals surface area (Å²) in [4.78, 5) is 46.2. The first-order valence-corrected chi connectivity index (χ1v) is 10.0. The minimum atomic E-state index is -0.635. The quantitative estimate of drug-likeness (QED) is 0.278. The van der Waals surface area contributed by atoms with E-state index in [1.54, 1.807) is 30.3 Å². The van der Waals surface area contributed by atoms with Crippen LogP contribution in [0.2, 0.25) is 0 Å². The number of nitrogens with one attached hydrogen (secondary N) is 1. The maximum absolute atomic E-state index is 12.2. The van der Waals surface area contributed by atoms with Gasteiger partial charge < -0.3 is 29.7 Å². The first kappa shape index (κ1) is 24.1. The molecule has 0 atom stereocenters. The number of carbonyl (C=O) groups excluding carboxylic acids is 3. The van der Waals surface area contributed by atoms with Crippen molar-refractivity contribution in [3.8, 4) is 11.5 Å². The summed E-state index contributed by atoms with van der Waals surface area (Å²) in [7, 11) is 1.44. The summed E-state index contributed by atoms with van der Waals surface area (Å²) >= 11 is 0. The number of benzene rings is 2. The molecule has 0 bridgehead atoms. The third-order valence-electron chi connectivity index (χ3n) is 4.49. The van der Waals surface area contributed by atoms with Crippen molar-refractivity contribution in [2.24, 2.45) is 5.73 Å². The number of ether oxygens (including phenoxy) is 3. The number of amides is 2. The fourth-order valence-electron chi connectivity index (χ4n) is 3.05. The van der Waals surface area contributed by atoms with Crippen molar-refractivity contribution in [1.82, 2.24) is 0 Å². The number of primary amides is 1. The minimum Gasteiger partial charge on any atom is -0.493 e. The van der Waals surface area contributed by atoms with Crippen LogP contribution in [0.5, 0.6) is 11.5 Å². The highest BCUT2D eigenvalue weighted by molar-refractivity contribution is 5.92. The van der Waals surface area contributed by atoms with Crippen molar-refractivity contribution in [1.29, 1.82) is 0 Å². The van der Waals surface area contributed by atoms with Gasteiger partial charge in [0, 0.05) is 41.8 Å². The molecule has 0 aliphatic carbocycles. The number of methoxy groups -OCH3 is 1. The average Bonchev–Trinajstić information content (AvgIpc) is 2.79. The summed E-state index contributed by atoms with van der Waals surface area (Å²) in [5.41, 5.74) is 6.27. The summed E-state index contributed by atoms with van der Waals surface area (Å²) < 4.78 is 20.9. The van der Waals surface area contributed by atoms with E-state index in [4.69, 9.17) is 24.4 Å². The Balaban J connectivity index is 1.69. The monoisotopic (exact) mass is 466 g/mol. The van der Waals surface area contributed by atoms with Crippen LogP contribution in [0.15, 0.2) is 57.8 Å². The molecule has 0 spiro atoms. The second-order valence-corrected chi connectivity index (χ2v) is 7.09. The molecule has 0 aliphatic heterocycles. The van der Waals surface area contributed by atoms with Crippen molar-refractivity contribution >= 4 is 40.5 Å². The van der Waals surface area contributed by atoms with Gasteiger partial charge in [0.1, 0.15) is 12.2 Å². The molecule has 2 aromatic carbocycles. The molecule has 176 valence electrons. The number of nitrogens with two attached hydrogens (primary N) is 1. The van der Waals surface area contributed by atoms with Gasteiger partial charge in [-0.1, -0.05) is 6.07 Å². The molecule has 0 saturated carbocycles. The van der Waals surface area contributed by atoms with Gasteiger partial charge in [-0.2, -0.15) is 0 Å². The normalized spacial score (nSPS) is 10.8. The number of esters is 1. The first-order valence-electron chi connectivity index (χ1n) is 10.0. The predicted molar refractivity (Wildman–Crippen MR) is 123 cm³/mol. The number of rotatable bonds is 9. The molecule has 0 fully saturated rings. The molecule has 0 unspecified atom stereocenters. The maximum Gasteiger partial charge on any atom is 0.336 e. The molecule has 10 nitrogen and oxygen atoms in total. The Morgan fingerprint density at radius 2 is 1.88 bits per heavy atom. The van der Waals surface area contributed by atoms with Crippen LogP contribution in [0.3, 0.4) is 0 Å². The van der Waals surface area contributed by atoms with E-state index in [1.165, 1.54) is 38.3 Å². The standard InChI is InChI=1S/C24H22N2O8/c1-14(27)26-17-5-6-18-16(10-24(30)34-20(18)11-17)12-33-23(29)8-4-15-3-7-19(21(9-15)31-2)32-13-22(25)28/h3-11H,12-13H2,1-2H3,(H2,25,28)(H,26,27)/b8-4+. The van der Waals surface area contributed by atoms with E-state index in [-0.39, 0.29) is 24.7 Å². The lowest BCUT2D eigenvalue weighted by molar-refractivity contribution is -0.138. The van der Waals surface area contributed by atoms with Gasteiger partial charge in [-0.25, -0.2) is 9.59 Å². The summed E-state index contributed by atoms with van der Waals surface area (Å²) in [5.74, 6) is -0.824. The lowest BCUT2D eigenvalue weighted by Gasteiger charge is -2.10. The van der Waals surface area contributed by atoms with E-state index in [9.17, 15) is 19.2 Å². The Labute approximate surface area is 193 Å². The predicted octanol–water partition coefficient (Wildman–Crippen LogP) is 2.38. The molecule has 1 heterocycles. The Morgan fingerprint density at radius 1 is 1.09 bits per heavy atom. The smallest absolute Gasteiger partial charge is 0.336 e. The lowest BCUT2D eigenvalue weighted by Crippen LogP contribution is -2.20. The molecule has 0 saturated heterocycles. The van der Waals surface area contributed by atoms with Crippen LogP contribution in [0.25, 0.3) is 17.0 Å². The SMILES string of the molecule is COc1cc(/C=C/C(=O)OCc2cc(=O)oc3cc(NC(C)=O)ccc23)ccc1OCC(N)=O. The van der Waals surface area contributed by atoms with Crippen molar-refractivity contribution in [3.05, 3.63) is 70.1 Å². The van der Waals surface area contributed by atoms with E-state index in [0.717, 1.165) is 0 Å². The molecule has 1 aromatic heterocycles. The van der Waals surface area contributed by atoms with Gasteiger partial charge in [-0.3, -0.25) is 9.59 Å². The molecular formula is C24H22N2O8. The summed E-state index contributed by atoms with van der Waals surface area (Å²) in [6, 6.07) is 10.9. The van der Waals surface area contributed by atoms with Gasteiger partial charge in [-0.15, -0.1) is 0 Å². The molecule has 3 rings (SSSR count). The second kappa shape index (κ2) is 10.8. The van der Waals surface area contributed by atoms with E-state index in [2.05, 4.69) is 5.32 Å². The first-order chi connectivity index (χ1) is 16.2. The van der Waals surface area contributed by atoms with Crippen LogP contribution >= 0.6 is 0 Å². The zero-order valence-corrected chi connectivity index (χ0v) is 18.5. The van der Waals surface area contributed by atoms with Crippen LogP contribution in [0.4, 0.5) is 5.69 Å². The van der Waals surface area contributed by atoms with Gasteiger partial charge >= 0.3 is 11.6 Å². The van der Waals surface area contributed by atoms with E-state index in [0.29, 0.717) is 33.7 Å². The van der Waals surface area contributed by atoms with Gasteiger partial charge in [0.25, 0.3) is 5.91 Å². The fourth-order valence-corrected chi connectivity index (χ4v) is 3.05. The summed E-state index contributed by atoms with van der Waals surface area (Å²) in [6.45, 7) is 0.916. The highest BCUT2D eigenvalue weighted by atomic mass is 16.5. The van der Waals surface area contributed by atoms with Gasteiger partial charge in [-0.05, 0) is 35.9 Å². The summed E-state index contributed by atoms with van der Waals surface area (Å²) in [5, 5.41) is 3.18.